The van der Waals surface area contributed by atoms with E-state index in [2.05, 4.69) is 22.0 Å². The minimum Gasteiger partial charge on any atom is -0.395 e. The number of ether oxygens (including phenoxy) is 1. The van der Waals surface area contributed by atoms with Crippen LogP contribution in [0, 0.1) is 6.92 Å². The zero-order valence-corrected chi connectivity index (χ0v) is 9.86. The molecule has 1 saturated heterocycles. The largest absolute Gasteiger partial charge is 0.395 e. The zero-order chi connectivity index (χ0) is 11.6. The number of aliphatic hydroxyl groups excluding tert-OH is 1. The second kappa shape index (κ2) is 4.53. The van der Waals surface area contributed by atoms with Crippen molar-refractivity contribution in [2.45, 2.75) is 19.4 Å². The van der Waals surface area contributed by atoms with Gasteiger partial charge in [-0.2, -0.15) is 5.10 Å². The number of rotatable bonds is 3. The quantitative estimate of drug-likeness (QED) is 0.774. The summed E-state index contributed by atoms with van der Waals surface area (Å²) >= 11 is 0. The van der Waals surface area contributed by atoms with Crippen molar-refractivity contribution in [3.05, 3.63) is 17.5 Å². The van der Waals surface area contributed by atoms with Gasteiger partial charge in [0.25, 0.3) is 0 Å². The van der Waals surface area contributed by atoms with E-state index in [9.17, 15) is 0 Å². The van der Waals surface area contributed by atoms with Crippen molar-refractivity contribution in [1.82, 2.24) is 15.1 Å². The first-order valence-electron chi connectivity index (χ1n) is 5.63. The average molecular weight is 225 g/mol. The van der Waals surface area contributed by atoms with E-state index in [1.807, 2.05) is 13.1 Å². The summed E-state index contributed by atoms with van der Waals surface area (Å²) in [6, 6.07) is 0. The van der Waals surface area contributed by atoms with E-state index >= 15 is 0 Å². The molecule has 0 radical (unpaired) electrons. The Hall–Kier alpha value is -0.910. The molecule has 1 aliphatic rings. The third-order valence-electron chi connectivity index (χ3n) is 3.13. The number of hydrogen-bond donors (Lipinski definition) is 2. The maximum atomic E-state index is 8.97. The molecule has 0 saturated carbocycles. The number of nitrogens with zero attached hydrogens (tertiary/aromatic N) is 2. The lowest BCUT2D eigenvalue weighted by molar-refractivity contribution is -0.107. The lowest BCUT2D eigenvalue weighted by Gasteiger charge is -2.40. The lowest BCUT2D eigenvalue weighted by Crippen LogP contribution is -2.49. The van der Waals surface area contributed by atoms with E-state index in [-0.39, 0.29) is 12.2 Å². The molecule has 0 unspecified atom stereocenters. The molecule has 1 fully saturated rings. The van der Waals surface area contributed by atoms with Crippen molar-refractivity contribution in [2.75, 3.05) is 32.8 Å². The topological polar surface area (TPSA) is 61.4 Å². The van der Waals surface area contributed by atoms with Crippen molar-refractivity contribution in [1.29, 1.82) is 0 Å². The first kappa shape index (κ1) is 11.6. The van der Waals surface area contributed by atoms with Crippen molar-refractivity contribution in [2.24, 2.45) is 0 Å². The van der Waals surface area contributed by atoms with E-state index in [0.717, 1.165) is 24.3 Å². The smallest absolute Gasteiger partial charge is 0.119 e. The van der Waals surface area contributed by atoms with Gasteiger partial charge in [0.2, 0.25) is 0 Å². The van der Waals surface area contributed by atoms with E-state index < -0.39 is 0 Å². The second-order valence-electron chi connectivity index (χ2n) is 4.51. The third-order valence-corrected chi connectivity index (χ3v) is 3.13. The highest BCUT2D eigenvalue weighted by molar-refractivity contribution is 5.22. The molecule has 1 aromatic heterocycles. The SMILES string of the molecule is Cc1cn[nH]c1[C@]1(C)CN(CCO)CCO1. The fraction of sp³-hybridized carbons (Fsp3) is 0.727. The van der Waals surface area contributed by atoms with Crippen LogP contribution in [0.3, 0.4) is 0 Å². The fourth-order valence-electron chi connectivity index (χ4n) is 2.32. The van der Waals surface area contributed by atoms with Gasteiger partial charge >= 0.3 is 0 Å². The van der Waals surface area contributed by atoms with E-state index in [4.69, 9.17) is 9.84 Å². The van der Waals surface area contributed by atoms with Crippen LogP contribution in [0.5, 0.6) is 0 Å². The Labute approximate surface area is 95.4 Å². The summed E-state index contributed by atoms with van der Waals surface area (Å²) in [4.78, 5) is 2.21. The summed E-state index contributed by atoms with van der Waals surface area (Å²) in [5, 5.41) is 16.0. The van der Waals surface area contributed by atoms with Gasteiger partial charge in [0.05, 0.1) is 25.1 Å². The molecule has 2 N–H and O–H groups in total. The Morgan fingerprint density at radius 2 is 2.50 bits per heavy atom. The summed E-state index contributed by atoms with van der Waals surface area (Å²) in [6.45, 7) is 7.34. The highest BCUT2D eigenvalue weighted by Crippen LogP contribution is 2.29. The van der Waals surface area contributed by atoms with Gasteiger partial charge in [-0.3, -0.25) is 10.00 Å². The zero-order valence-electron chi connectivity index (χ0n) is 9.86. The Morgan fingerprint density at radius 1 is 1.69 bits per heavy atom. The number of hydrogen-bond acceptors (Lipinski definition) is 4. The van der Waals surface area contributed by atoms with Crippen molar-refractivity contribution < 1.29 is 9.84 Å². The number of β-amino-alcohol motifs (C(OH)–C–C–N with tert-alkyl or cyclic N) is 1. The van der Waals surface area contributed by atoms with Gasteiger partial charge in [0.1, 0.15) is 5.60 Å². The normalized spacial score (nSPS) is 27.2. The highest BCUT2D eigenvalue weighted by atomic mass is 16.5. The van der Waals surface area contributed by atoms with Crippen LogP contribution >= 0.6 is 0 Å². The molecule has 0 spiro atoms. The number of aromatic nitrogens is 2. The third kappa shape index (κ3) is 2.11. The minimum atomic E-state index is -0.339. The van der Waals surface area contributed by atoms with E-state index in [0.29, 0.717) is 13.2 Å². The Balaban J connectivity index is 2.15. The van der Waals surface area contributed by atoms with E-state index in [1.165, 1.54) is 0 Å². The highest BCUT2D eigenvalue weighted by Gasteiger charge is 2.36. The van der Waals surface area contributed by atoms with Gasteiger partial charge in [-0.1, -0.05) is 0 Å². The molecule has 16 heavy (non-hydrogen) atoms. The maximum absolute atomic E-state index is 8.97. The van der Waals surface area contributed by atoms with Crippen molar-refractivity contribution in [3.8, 4) is 0 Å². The van der Waals surface area contributed by atoms with Gasteiger partial charge in [0.15, 0.2) is 0 Å². The van der Waals surface area contributed by atoms with Gasteiger partial charge in [-0.05, 0) is 19.4 Å². The fourth-order valence-corrected chi connectivity index (χ4v) is 2.32. The van der Waals surface area contributed by atoms with Crippen LogP contribution in [0.1, 0.15) is 18.2 Å². The summed E-state index contributed by atoms with van der Waals surface area (Å²) in [7, 11) is 0. The monoisotopic (exact) mass is 225 g/mol. The summed E-state index contributed by atoms with van der Waals surface area (Å²) in [6.07, 6.45) is 1.81. The lowest BCUT2D eigenvalue weighted by atomic mass is 9.97. The standard InChI is InChI=1S/C11H19N3O2/c1-9-7-12-13-10(9)11(2)8-14(3-5-15)4-6-16-11/h7,15H,3-6,8H2,1-2H3,(H,12,13)/t11-/m0/s1. The first-order valence-corrected chi connectivity index (χ1v) is 5.63. The number of H-pyrrole nitrogens is 1. The Bertz CT molecular complexity index is 351. The molecule has 0 amide bonds. The van der Waals surface area contributed by atoms with Crippen LogP contribution in [0.15, 0.2) is 6.20 Å². The Kier molecular flexibility index (Phi) is 3.28. The van der Waals surface area contributed by atoms with Crippen LogP contribution in [0.2, 0.25) is 0 Å². The maximum Gasteiger partial charge on any atom is 0.119 e. The van der Waals surface area contributed by atoms with Gasteiger partial charge in [-0.15, -0.1) is 0 Å². The van der Waals surface area contributed by atoms with Gasteiger partial charge in [0, 0.05) is 19.6 Å². The molecule has 1 aliphatic heterocycles. The number of aliphatic hydroxyl groups is 1. The number of morpholine rings is 1. The van der Waals surface area contributed by atoms with Gasteiger partial charge in [-0.25, -0.2) is 0 Å². The number of aromatic amines is 1. The summed E-state index contributed by atoms with van der Waals surface area (Å²) in [5.74, 6) is 0. The van der Waals surface area contributed by atoms with Crippen molar-refractivity contribution in [3.63, 3.8) is 0 Å². The molecular weight excluding hydrogens is 206 g/mol. The minimum absolute atomic E-state index is 0.192. The van der Waals surface area contributed by atoms with Gasteiger partial charge < -0.3 is 9.84 Å². The molecule has 1 aromatic rings. The Morgan fingerprint density at radius 3 is 3.12 bits per heavy atom. The van der Waals surface area contributed by atoms with E-state index in [1.54, 1.807) is 0 Å². The molecule has 5 nitrogen and oxygen atoms in total. The van der Waals surface area contributed by atoms with Crippen LogP contribution in [0.25, 0.3) is 0 Å². The van der Waals surface area contributed by atoms with Crippen LogP contribution in [-0.4, -0.2) is 53.1 Å². The average Bonchev–Trinajstić information content (AvgIpc) is 2.66. The van der Waals surface area contributed by atoms with Crippen molar-refractivity contribution >= 4 is 0 Å². The van der Waals surface area contributed by atoms with Crippen LogP contribution in [0.4, 0.5) is 0 Å². The summed E-state index contributed by atoms with van der Waals surface area (Å²) in [5.41, 5.74) is 1.82. The molecule has 0 aliphatic carbocycles. The molecule has 0 bridgehead atoms. The predicted octanol–water partition coefficient (Wildman–Crippen LogP) is 0.258. The molecule has 1 atom stereocenters. The molecule has 90 valence electrons. The predicted molar refractivity (Wildman–Crippen MR) is 60.2 cm³/mol. The van der Waals surface area contributed by atoms with Crippen LogP contribution < -0.4 is 0 Å². The molecule has 2 rings (SSSR count). The molecular formula is C11H19N3O2. The first-order chi connectivity index (χ1) is 7.65. The summed E-state index contributed by atoms with van der Waals surface area (Å²) < 4.78 is 5.87. The molecule has 5 heteroatoms. The molecule has 2 heterocycles. The number of nitrogens with one attached hydrogen (secondary N) is 1. The number of aryl methyl sites for hydroxylation is 1. The molecule has 0 aromatic carbocycles. The van der Waals surface area contributed by atoms with Crippen LogP contribution in [-0.2, 0) is 10.3 Å². The second-order valence-corrected chi connectivity index (χ2v) is 4.51.